The quantitative estimate of drug-likeness (QED) is 0.814. The van der Waals surface area contributed by atoms with Gasteiger partial charge in [-0.1, -0.05) is 44.5 Å². The molecule has 1 fully saturated rings. The summed E-state index contributed by atoms with van der Waals surface area (Å²) < 4.78 is 13.5. The van der Waals surface area contributed by atoms with Crippen LogP contribution in [0.3, 0.4) is 0 Å². The van der Waals surface area contributed by atoms with Crippen LogP contribution in [0.5, 0.6) is 0 Å². The lowest BCUT2D eigenvalue weighted by Crippen LogP contribution is -2.39. The van der Waals surface area contributed by atoms with Gasteiger partial charge in [-0.3, -0.25) is 0 Å². The monoisotopic (exact) mass is 283 g/mol. The van der Waals surface area contributed by atoms with Crippen LogP contribution in [0.25, 0.3) is 0 Å². The highest BCUT2D eigenvalue weighted by molar-refractivity contribution is 6.31. The third kappa shape index (κ3) is 3.70. The zero-order valence-corrected chi connectivity index (χ0v) is 12.7. The van der Waals surface area contributed by atoms with Crippen molar-refractivity contribution in [3.05, 3.63) is 34.6 Å². The Morgan fingerprint density at radius 3 is 2.68 bits per heavy atom. The first-order chi connectivity index (χ1) is 8.92. The van der Waals surface area contributed by atoms with Gasteiger partial charge in [-0.05, 0) is 42.2 Å². The predicted molar refractivity (Wildman–Crippen MR) is 79.1 cm³/mol. The Morgan fingerprint density at radius 2 is 2.11 bits per heavy atom. The van der Waals surface area contributed by atoms with Crippen molar-refractivity contribution in [2.24, 2.45) is 11.3 Å². The average Bonchev–Trinajstić information content (AvgIpc) is 3.16. The fourth-order valence-electron chi connectivity index (χ4n) is 2.26. The maximum absolute atomic E-state index is 13.5. The van der Waals surface area contributed by atoms with Crippen molar-refractivity contribution < 1.29 is 4.39 Å². The highest BCUT2D eigenvalue weighted by Gasteiger charge is 2.32. The summed E-state index contributed by atoms with van der Waals surface area (Å²) in [5.74, 6) is 0.193. The lowest BCUT2D eigenvalue weighted by molar-refractivity contribution is 0.206. The van der Waals surface area contributed by atoms with Crippen molar-refractivity contribution in [1.82, 2.24) is 5.32 Å². The van der Waals surface area contributed by atoms with Crippen molar-refractivity contribution >= 4 is 11.6 Å². The van der Waals surface area contributed by atoms with Gasteiger partial charge in [-0.25, -0.2) is 4.39 Å². The summed E-state index contributed by atoms with van der Waals surface area (Å²) in [6, 6.07) is 5.79. The Hall–Kier alpha value is -0.600. The number of benzene rings is 1. The maximum Gasteiger partial charge on any atom is 0.142 e. The van der Waals surface area contributed by atoms with Crippen LogP contribution in [0.15, 0.2) is 18.2 Å². The van der Waals surface area contributed by atoms with Crippen molar-refractivity contribution in [3.8, 4) is 0 Å². The third-order valence-electron chi connectivity index (χ3n) is 4.39. The molecule has 0 spiro atoms. The smallest absolute Gasteiger partial charge is 0.142 e. The van der Waals surface area contributed by atoms with E-state index in [0.717, 1.165) is 18.5 Å². The molecule has 1 N–H and O–H groups in total. The summed E-state index contributed by atoms with van der Waals surface area (Å²) in [6.07, 6.45) is 3.38. The van der Waals surface area contributed by atoms with Gasteiger partial charge >= 0.3 is 0 Å². The van der Waals surface area contributed by atoms with Gasteiger partial charge in [-0.2, -0.15) is 0 Å². The van der Waals surface area contributed by atoms with Gasteiger partial charge in [0.15, 0.2) is 0 Å². The molecule has 0 aromatic heterocycles. The second-order valence-electron chi connectivity index (χ2n) is 6.35. The van der Waals surface area contributed by atoms with Gasteiger partial charge in [-0.15, -0.1) is 0 Å². The van der Waals surface area contributed by atoms with Crippen LogP contribution in [0.1, 0.15) is 39.2 Å². The van der Waals surface area contributed by atoms with Gasteiger partial charge in [0.05, 0.1) is 5.02 Å². The summed E-state index contributed by atoms with van der Waals surface area (Å²) in [4.78, 5) is 0. The average molecular weight is 284 g/mol. The molecule has 1 aliphatic carbocycles. The van der Waals surface area contributed by atoms with Crippen molar-refractivity contribution in [2.75, 3.05) is 6.54 Å². The molecular formula is C16H23ClFN. The molecule has 0 aliphatic heterocycles. The summed E-state index contributed by atoms with van der Waals surface area (Å²) in [5, 5.41) is 3.87. The summed E-state index contributed by atoms with van der Waals surface area (Å²) in [5.41, 5.74) is 1.01. The van der Waals surface area contributed by atoms with E-state index in [4.69, 9.17) is 11.6 Å². The van der Waals surface area contributed by atoms with E-state index in [1.807, 2.05) is 6.07 Å². The second-order valence-corrected chi connectivity index (χ2v) is 6.73. The molecule has 1 nitrogen and oxygen atoms in total. The molecule has 1 unspecified atom stereocenters. The molecule has 3 heteroatoms. The normalized spacial score (nSPS) is 18.6. The van der Waals surface area contributed by atoms with Crippen LogP contribution in [-0.2, 0) is 6.42 Å². The summed E-state index contributed by atoms with van der Waals surface area (Å²) >= 11 is 6.08. The number of hydrogen-bond acceptors (Lipinski definition) is 1. The maximum atomic E-state index is 13.5. The van der Waals surface area contributed by atoms with Crippen LogP contribution in [0.2, 0.25) is 5.02 Å². The Kier molecular flexibility index (Phi) is 4.52. The zero-order valence-electron chi connectivity index (χ0n) is 12.0. The molecule has 1 aromatic carbocycles. The molecule has 1 atom stereocenters. The van der Waals surface area contributed by atoms with Gasteiger partial charge in [0, 0.05) is 12.6 Å². The Bertz CT molecular complexity index is 442. The van der Waals surface area contributed by atoms with Crippen LogP contribution in [-0.4, -0.2) is 12.6 Å². The van der Waals surface area contributed by atoms with Crippen molar-refractivity contribution in [3.63, 3.8) is 0 Å². The van der Waals surface area contributed by atoms with E-state index >= 15 is 0 Å². The lowest BCUT2D eigenvalue weighted by atomic mass is 9.74. The standard InChI is InChI=1S/C16H23ClFN/c1-11(2)16(3,10-19-13-7-8-13)9-12-5-4-6-14(18)15(12)17/h4-6,11,13,19H,7-10H2,1-3H3. The second kappa shape index (κ2) is 5.80. The molecule has 0 heterocycles. The molecule has 1 aliphatic rings. The number of rotatable bonds is 6. The third-order valence-corrected chi connectivity index (χ3v) is 4.81. The number of halogens is 2. The SMILES string of the molecule is CC(C)C(C)(CNC1CC1)Cc1cccc(F)c1Cl. The van der Waals surface area contributed by atoms with Crippen LogP contribution in [0, 0.1) is 17.2 Å². The lowest BCUT2D eigenvalue weighted by Gasteiger charge is -2.35. The number of nitrogens with one attached hydrogen (secondary N) is 1. The molecule has 0 saturated heterocycles. The van der Waals surface area contributed by atoms with E-state index in [2.05, 4.69) is 26.1 Å². The fourth-order valence-corrected chi connectivity index (χ4v) is 2.45. The molecule has 0 bridgehead atoms. The Morgan fingerprint density at radius 1 is 1.42 bits per heavy atom. The van der Waals surface area contributed by atoms with E-state index in [9.17, 15) is 4.39 Å². The van der Waals surface area contributed by atoms with Crippen LogP contribution < -0.4 is 5.32 Å². The van der Waals surface area contributed by atoms with Crippen molar-refractivity contribution in [2.45, 2.75) is 46.1 Å². The zero-order chi connectivity index (χ0) is 14.0. The van der Waals surface area contributed by atoms with Gasteiger partial charge in [0.25, 0.3) is 0 Å². The molecule has 106 valence electrons. The fraction of sp³-hybridized carbons (Fsp3) is 0.625. The molecule has 0 amide bonds. The highest BCUT2D eigenvalue weighted by atomic mass is 35.5. The van der Waals surface area contributed by atoms with E-state index in [1.54, 1.807) is 6.07 Å². The summed E-state index contributed by atoms with van der Waals surface area (Å²) in [6.45, 7) is 7.67. The van der Waals surface area contributed by atoms with Crippen LogP contribution >= 0.6 is 11.6 Å². The molecule has 2 rings (SSSR count). The van der Waals surface area contributed by atoms with Gasteiger partial charge in [0.2, 0.25) is 0 Å². The largest absolute Gasteiger partial charge is 0.313 e. The van der Waals surface area contributed by atoms with E-state index in [1.165, 1.54) is 18.9 Å². The van der Waals surface area contributed by atoms with E-state index < -0.39 is 0 Å². The molecular weight excluding hydrogens is 261 g/mol. The minimum absolute atomic E-state index is 0.0972. The first kappa shape index (κ1) is 14.8. The van der Waals surface area contributed by atoms with E-state index in [0.29, 0.717) is 12.0 Å². The summed E-state index contributed by atoms with van der Waals surface area (Å²) in [7, 11) is 0. The topological polar surface area (TPSA) is 12.0 Å². The number of hydrogen-bond donors (Lipinski definition) is 1. The minimum Gasteiger partial charge on any atom is -0.313 e. The first-order valence-corrected chi connectivity index (χ1v) is 7.46. The molecule has 1 saturated carbocycles. The van der Waals surface area contributed by atoms with Gasteiger partial charge < -0.3 is 5.32 Å². The molecule has 0 radical (unpaired) electrons. The predicted octanol–water partition coefficient (Wildman–Crippen LogP) is 4.44. The van der Waals surface area contributed by atoms with Gasteiger partial charge in [0.1, 0.15) is 5.82 Å². The molecule has 19 heavy (non-hydrogen) atoms. The highest BCUT2D eigenvalue weighted by Crippen LogP contribution is 2.34. The Balaban J connectivity index is 2.12. The Labute approximate surface area is 120 Å². The first-order valence-electron chi connectivity index (χ1n) is 7.08. The van der Waals surface area contributed by atoms with Crippen molar-refractivity contribution in [1.29, 1.82) is 0 Å². The van der Waals surface area contributed by atoms with Crippen LogP contribution in [0.4, 0.5) is 4.39 Å². The van der Waals surface area contributed by atoms with E-state index in [-0.39, 0.29) is 16.3 Å². The molecule has 1 aromatic rings. The minimum atomic E-state index is -0.319.